The minimum atomic E-state index is 0. The Labute approximate surface area is 138 Å². The van der Waals surface area contributed by atoms with Crippen molar-refractivity contribution in [2.75, 3.05) is 34.3 Å². The molecule has 6 heteroatoms. The summed E-state index contributed by atoms with van der Waals surface area (Å²) in [5.41, 5.74) is 1.25. The van der Waals surface area contributed by atoms with Crippen LogP contribution in [0.4, 0.5) is 5.95 Å². The number of aromatic nitrogens is 2. The molecule has 0 aliphatic carbocycles. The molecule has 0 aliphatic heterocycles. The summed E-state index contributed by atoms with van der Waals surface area (Å²) in [6.07, 6.45) is 3.57. The number of methoxy groups -OCH3 is 1. The standard InChI is InChI=1S/C16H23N4O.ClH/c1-20(2,16-18-9-4-10-19-16)12-11-17-13-14-5-7-15(21-3)8-6-14;/h4-10,17H,11-13H2,1-3H3;1H/q+1;. The van der Waals surface area contributed by atoms with E-state index in [-0.39, 0.29) is 12.4 Å². The Hall–Kier alpha value is -1.69. The van der Waals surface area contributed by atoms with Gasteiger partial charge in [-0.2, -0.15) is 9.97 Å². The normalized spacial score (nSPS) is 10.9. The van der Waals surface area contributed by atoms with E-state index in [1.807, 2.05) is 18.2 Å². The summed E-state index contributed by atoms with van der Waals surface area (Å²) >= 11 is 0. The van der Waals surface area contributed by atoms with E-state index in [9.17, 15) is 0 Å². The molecule has 1 aromatic carbocycles. The van der Waals surface area contributed by atoms with E-state index in [0.29, 0.717) is 4.48 Å². The topological polar surface area (TPSA) is 47.0 Å². The fourth-order valence-corrected chi connectivity index (χ4v) is 2.04. The minimum Gasteiger partial charge on any atom is -0.497 e. The van der Waals surface area contributed by atoms with Crippen molar-refractivity contribution in [1.29, 1.82) is 0 Å². The lowest BCUT2D eigenvalue weighted by molar-refractivity contribution is 0.371. The van der Waals surface area contributed by atoms with Crippen LogP contribution >= 0.6 is 12.4 Å². The predicted octanol–water partition coefficient (Wildman–Crippen LogP) is 2.26. The molecule has 0 amide bonds. The molecule has 2 aromatic rings. The zero-order chi connectivity index (χ0) is 15.1. The first-order valence-electron chi connectivity index (χ1n) is 7.06. The Morgan fingerprint density at radius 2 is 1.73 bits per heavy atom. The number of hydrogen-bond acceptors (Lipinski definition) is 4. The largest absolute Gasteiger partial charge is 0.497 e. The van der Waals surface area contributed by atoms with Gasteiger partial charge < -0.3 is 10.1 Å². The second-order valence-corrected chi connectivity index (χ2v) is 5.48. The average molecular weight is 324 g/mol. The highest BCUT2D eigenvalue weighted by Crippen LogP contribution is 2.11. The Morgan fingerprint density at radius 3 is 2.32 bits per heavy atom. The summed E-state index contributed by atoms with van der Waals surface area (Å²) in [6, 6.07) is 9.95. The van der Waals surface area contributed by atoms with Gasteiger partial charge in [-0.1, -0.05) is 12.1 Å². The Morgan fingerprint density at radius 1 is 1.09 bits per heavy atom. The third-order valence-electron chi connectivity index (χ3n) is 3.43. The molecular weight excluding hydrogens is 300 g/mol. The third-order valence-corrected chi connectivity index (χ3v) is 3.43. The van der Waals surface area contributed by atoms with Crippen LogP contribution in [-0.4, -0.2) is 44.3 Å². The SMILES string of the molecule is COc1ccc(CNCC[N+](C)(C)c2ncccn2)cc1.Cl. The highest BCUT2D eigenvalue weighted by Gasteiger charge is 2.21. The molecule has 0 bridgehead atoms. The van der Waals surface area contributed by atoms with Gasteiger partial charge in [0.2, 0.25) is 0 Å². The van der Waals surface area contributed by atoms with Crippen molar-refractivity contribution in [1.82, 2.24) is 19.8 Å². The summed E-state index contributed by atoms with van der Waals surface area (Å²) in [4.78, 5) is 8.65. The second-order valence-electron chi connectivity index (χ2n) is 5.48. The number of nitrogens with one attached hydrogen (secondary N) is 1. The third kappa shape index (κ3) is 5.26. The molecule has 0 spiro atoms. The van der Waals surface area contributed by atoms with Crippen LogP contribution in [0.1, 0.15) is 5.56 Å². The number of ether oxygens (including phenoxy) is 1. The van der Waals surface area contributed by atoms with Gasteiger partial charge in [0.05, 0.1) is 27.7 Å². The zero-order valence-electron chi connectivity index (χ0n) is 13.3. The first-order valence-corrected chi connectivity index (χ1v) is 7.06. The number of benzene rings is 1. The highest BCUT2D eigenvalue weighted by atomic mass is 35.5. The summed E-state index contributed by atoms with van der Waals surface area (Å²) in [5, 5.41) is 3.45. The molecule has 120 valence electrons. The average Bonchev–Trinajstić information content (AvgIpc) is 2.53. The number of halogens is 1. The maximum absolute atomic E-state index is 5.15. The number of likely N-dealkylation sites (N-methyl/N-ethyl adjacent to an activating group) is 1. The number of nitrogens with zero attached hydrogens (tertiary/aromatic N) is 3. The Kier molecular flexibility index (Phi) is 7.24. The molecule has 0 fully saturated rings. The van der Waals surface area contributed by atoms with Crippen molar-refractivity contribution in [2.24, 2.45) is 0 Å². The van der Waals surface area contributed by atoms with Gasteiger partial charge in [0, 0.05) is 25.5 Å². The molecule has 5 nitrogen and oxygen atoms in total. The number of hydrogen-bond donors (Lipinski definition) is 1. The fraction of sp³-hybridized carbons (Fsp3) is 0.375. The monoisotopic (exact) mass is 323 g/mol. The van der Waals surface area contributed by atoms with E-state index < -0.39 is 0 Å². The van der Waals surface area contributed by atoms with Gasteiger partial charge in [0.1, 0.15) is 5.75 Å². The first-order chi connectivity index (χ1) is 10.1. The minimum absolute atomic E-state index is 0. The van der Waals surface area contributed by atoms with Gasteiger partial charge >= 0.3 is 5.95 Å². The second kappa shape index (κ2) is 8.68. The van der Waals surface area contributed by atoms with Crippen molar-refractivity contribution in [2.45, 2.75) is 6.54 Å². The quantitative estimate of drug-likeness (QED) is 0.627. The number of quaternary nitrogens is 1. The number of rotatable bonds is 7. The van der Waals surface area contributed by atoms with Crippen molar-refractivity contribution < 1.29 is 4.74 Å². The molecule has 22 heavy (non-hydrogen) atoms. The summed E-state index contributed by atoms with van der Waals surface area (Å²) in [7, 11) is 5.91. The van der Waals surface area contributed by atoms with Crippen LogP contribution in [-0.2, 0) is 6.54 Å². The molecule has 0 saturated heterocycles. The lowest BCUT2D eigenvalue weighted by Gasteiger charge is -2.26. The van der Waals surface area contributed by atoms with Gasteiger partial charge in [-0.3, -0.25) is 4.48 Å². The molecular formula is C16H24ClN4O+. The van der Waals surface area contributed by atoms with Gasteiger partial charge in [0.25, 0.3) is 0 Å². The van der Waals surface area contributed by atoms with E-state index in [1.54, 1.807) is 19.5 Å². The van der Waals surface area contributed by atoms with Crippen LogP contribution in [0.5, 0.6) is 5.75 Å². The molecule has 1 N–H and O–H groups in total. The molecule has 0 radical (unpaired) electrons. The molecule has 2 rings (SSSR count). The molecule has 0 atom stereocenters. The fourth-order valence-electron chi connectivity index (χ4n) is 2.04. The summed E-state index contributed by atoms with van der Waals surface area (Å²) in [6.45, 7) is 2.68. The lowest BCUT2D eigenvalue weighted by atomic mass is 10.2. The molecule has 0 aliphatic rings. The Bertz CT molecular complexity index is 546. The van der Waals surface area contributed by atoms with Crippen molar-refractivity contribution in [3.8, 4) is 5.75 Å². The maximum Gasteiger partial charge on any atom is 0.328 e. The van der Waals surface area contributed by atoms with Crippen LogP contribution in [0.15, 0.2) is 42.7 Å². The summed E-state index contributed by atoms with van der Waals surface area (Å²) < 4.78 is 5.81. The molecule has 0 unspecified atom stereocenters. The predicted molar refractivity (Wildman–Crippen MR) is 92.5 cm³/mol. The van der Waals surface area contributed by atoms with Crippen LogP contribution in [0, 0.1) is 0 Å². The molecule has 1 heterocycles. The van der Waals surface area contributed by atoms with Crippen molar-refractivity contribution in [3.63, 3.8) is 0 Å². The maximum atomic E-state index is 5.15. The van der Waals surface area contributed by atoms with Crippen LogP contribution in [0.3, 0.4) is 0 Å². The zero-order valence-corrected chi connectivity index (χ0v) is 14.1. The molecule has 0 saturated carbocycles. The van der Waals surface area contributed by atoms with E-state index in [2.05, 4.69) is 41.5 Å². The van der Waals surface area contributed by atoms with Crippen molar-refractivity contribution >= 4 is 18.4 Å². The summed E-state index contributed by atoms with van der Waals surface area (Å²) in [5.74, 6) is 1.72. The highest BCUT2D eigenvalue weighted by molar-refractivity contribution is 5.85. The Balaban J connectivity index is 0.00000242. The molecule has 1 aromatic heterocycles. The smallest absolute Gasteiger partial charge is 0.328 e. The van der Waals surface area contributed by atoms with Crippen LogP contribution in [0.25, 0.3) is 0 Å². The van der Waals surface area contributed by atoms with E-state index in [0.717, 1.165) is 31.3 Å². The first kappa shape index (κ1) is 18.4. The van der Waals surface area contributed by atoms with Gasteiger partial charge in [-0.25, -0.2) is 0 Å². The van der Waals surface area contributed by atoms with Crippen LogP contribution in [0.2, 0.25) is 0 Å². The van der Waals surface area contributed by atoms with Crippen LogP contribution < -0.4 is 14.5 Å². The van der Waals surface area contributed by atoms with Crippen molar-refractivity contribution in [3.05, 3.63) is 48.3 Å². The van der Waals surface area contributed by atoms with E-state index >= 15 is 0 Å². The van der Waals surface area contributed by atoms with Gasteiger partial charge in [-0.05, 0) is 23.8 Å². The van der Waals surface area contributed by atoms with Gasteiger partial charge in [0.15, 0.2) is 0 Å². The van der Waals surface area contributed by atoms with E-state index in [1.165, 1.54) is 5.56 Å². The lowest BCUT2D eigenvalue weighted by Crippen LogP contribution is -2.46. The van der Waals surface area contributed by atoms with Gasteiger partial charge in [-0.15, -0.1) is 12.4 Å². The van der Waals surface area contributed by atoms with E-state index in [4.69, 9.17) is 4.74 Å².